The number of rotatable bonds is 6. The number of pyridine rings is 1. The van der Waals surface area contributed by atoms with Gasteiger partial charge in [-0.05, 0) is 18.1 Å². The standard InChI is InChI=1S/C14H16N4O3/c1-2-6-18-7-5-15-12(13(18)19)17-9-10-3-4-11(14(20)21)16-8-10/h3-5,7-8H,2,6,9H2,1H3,(H,15,17)(H,20,21). The lowest BCUT2D eigenvalue weighted by molar-refractivity contribution is 0.0690. The Morgan fingerprint density at radius 1 is 1.38 bits per heavy atom. The predicted octanol–water partition coefficient (Wildman–Crippen LogP) is 1.36. The Morgan fingerprint density at radius 3 is 2.81 bits per heavy atom. The lowest BCUT2D eigenvalue weighted by atomic mass is 10.2. The van der Waals surface area contributed by atoms with E-state index < -0.39 is 5.97 Å². The van der Waals surface area contributed by atoms with Crippen molar-refractivity contribution in [2.45, 2.75) is 26.4 Å². The third-order valence-corrected chi connectivity index (χ3v) is 2.88. The number of aryl methyl sites for hydroxylation is 1. The van der Waals surface area contributed by atoms with Crippen molar-refractivity contribution in [3.63, 3.8) is 0 Å². The average Bonchev–Trinajstić information content (AvgIpc) is 2.49. The van der Waals surface area contributed by atoms with Crippen molar-refractivity contribution in [2.24, 2.45) is 0 Å². The molecule has 0 aliphatic heterocycles. The van der Waals surface area contributed by atoms with Gasteiger partial charge in [-0.3, -0.25) is 4.79 Å². The van der Waals surface area contributed by atoms with E-state index in [1.54, 1.807) is 23.0 Å². The van der Waals surface area contributed by atoms with Crippen molar-refractivity contribution in [1.82, 2.24) is 14.5 Å². The maximum absolute atomic E-state index is 12.1. The Balaban J connectivity index is 2.08. The molecule has 7 nitrogen and oxygen atoms in total. The van der Waals surface area contributed by atoms with E-state index in [9.17, 15) is 9.59 Å². The molecule has 0 unspecified atom stereocenters. The summed E-state index contributed by atoms with van der Waals surface area (Å²) < 4.78 is 1.60. The van der Waals surface area contributed by atoms with Crippen molar-refractivity contribution in [3.05, 3.63) is 52.3 Å². The van der Waals surface area contributed by atoms with Crippen LogP contribution in [0.2, 0.25) is 0 Å². The molecule has 2 heterocycles. The van der Waals surface area contributed by atoms with Crippen molar-refractivity contribution >= 4 is 11.8 Å². The molecule has 0 aliphatic rings. The molecule has 2 rings (SSSR count). The summed E-state index contributed by atoms with van der Waals surface area (Å²) in [4.78, 5) is 30.6. The van der Waals surface area contributed by atoms with Crippen LogP contribution in [0, 0.1) is 0 Å². The van der Waals surface area contributed by atoms with E-state index in [0.29, 0.717) is 13.1 Å². The number of hydrogen-bond acceptors (Lipinski definition) is 5. The number of aromatic carboxylic acids is 1. The molecule has 110 valence electrons. The molecule has 0 aromatic carbocycles. The highest BCUT2D eigenvalue weighted by molar-refractivity contribution is 5.85. The number of nitrogens with zero attached hydrogens (tertiary/aromatic N) is 3. The fourth-order valence-electron chi connectivity index (χ4n) is 1.83. The van der Waals surface area contributed by atoms with E-state index in [0.717, 1.165) is 12.0 Å². The molecular weight excluding hydrogens is 272 g/mol. The molecule has 0 fully saturated rings. The summed E-state index contributed by atoms with van der Waals surface area (Å²) in [5, 5.41) is 11.7. The molecule has 0 amide bonds. The van der Waals surface area contributed by atoms with Gasteiger partial charge in [-0.2, -0.15) is 0 Å². The molecule has 2 aromatic rings. The van der Waals surface area contributed by atoms with Gasteiger partial charge >= 0.3 is 5.97 Å². The summed E-state index contributed by atoms with van der Waals surface area (Å²) in [6.07, 6.45) is 5.55. The first kappa shape index (κ1) is 14.7. The predicted molar refractivity (Wildman–Crippen MR) is 77.3 cm³/mol. The molecule has 2 aromatic heterocycles. The van der Waals surface area contributed by atoms with Crippen LogP contribution in [0.25, 0.3) is 0 Å². The van der Waals surface area contributed by atoms with Crippen LogP contribution >= 0.6 is 0 Å². The minimum Gasteiger partial charge on any atom is -0.477 e. The van der Waals surface area contributed by atoms with Gasteiger partial charge in [0.15, 0.2) is 5.82 Å². The number of carboxylic acid groups (broad SMARTS) is 1. The normalized spacial score (nSPS) is 10.3. The Labute approximate surface area is 121 Å². The molecule has 0 saturated heterocycles. The molecule has 21 heavy (non-hydrogen) atoms. The van der Waals surface area contributed by atoms with Gasteiger partial charge in [0.1, 0.15) is 5.69 Å². The smallest absolute Gasteiger partial charge is 0.354 e. The van der Waals surface area contributed by atoms with E-state index in [2.05, 4.69) is 15.3 Å². The van der Waals surface area contributed by atoms with Crippen LogP contribution in [0.1, 0.15) is 29.4 Å². The van der Waals surface area contributed by atoms with Crippen LogP contribution in [0.3, 0.4) is 0 Å². The number of anilines is 1. The van der Waals surface area contributed by atoms with Gasteiger partial charge in [0.2, 0.25) is 0 Å². The zero-order valence-electron chi connectivity index (χ0n) is 11.6. The van der Waals surface area contributed by atoms with Gasteiger partial charge in [0.25, 0.3) is 5.56 Å². The monoisotopic (exact) mass is 288 g/mol. The summed E-state index contributed by atoms with van der Waals surface area (Å²) in [7, 11) is 0. The van der Waals surface area contributed by atoms with Gasteiger partial charge in [-0.1, -0.05) is 13.0 Å². The van der Waals surface area contributed by atoms with E-state index in [1.165, 1.54) is 12.3 Å². The van der Waals surface area contributed by atoms with Crippen molar-refractivity contribution in [3.8, 4) is 0 Å². The Hall–Kier alpha value is -2.70. The first-order valence-electron chi connectivity index (χ1n) is 6.59. The SMILES string of the molecule is CCCn1ccnc(NCc2ccc(C(=O)O)nc2)c1=O. The van der Waals surface area contributed by atoms with Crippen LogP contribution in [0.5, 0.6) is 0 Å². The zero-order valence-corrected chi connectivity index (χ0v) is 11.6. The lowest BCUT2D eigenvalue weighted by Gasteiger charge is -2.08. The summed E-state index contributed by atoms with van der Waals surface area (Å²) >= 11 is 0. The van der Waals surface area contributed by atoms with Gasteiger partial charge < -0.3 is 15.0 Å². The third-order valence-electron chi connectivity index (χ3n) is 2.88. The summed E-state index contributed by atoms with van der Waals surface area (Å²) in [5.41, 5.74) is 0.587. The quantitative estimate of drug-likeness (QED) is 0.833. The second kappa shape index (κ2) is 6.65. The van der Waals surface area contributed by atoms with Gasteiger partial charge in [0, 0.05) is 31.7 Å². The van der Waals surface area contributed by atoms with Gasteiger partial charge in [-0.15, -0.1) is 0 Å². The van der Waals surface area contributed by atoms with E-state index in [-0.39, 0.29) is 17.1 Å². The number of carboxylic acids is 1. The van der Waals surface area contributed by atoms with Crippen molar-refractivity contribution < 1.29 is 9.90 Å². The fraction of sp³-hybridized carbons (Fsp3) is 0.286. The van der Waals surface area contributed by atoms with Crippen molar-refractivity contribution in [2.75, 3.05) is 5.32 Å². The molecular formula is C14H16N4O3. The molecule has 2 N–H and O–H groups in total. The zero-order chi connectivity index (χ0) is 15.2. The molecule has 7 heteroatoms. The molecule has 0 bridgehead atoms. The molecule has 0 saturated carbocycles. The minimum atomic E-state index is -1.07. The summed E-state index contributed by atoms with van der Waals surface area (Å²) in [6, 6.07) is 3.07. The van der Waals surface area contributed by atoms with E-state index in [4.69, 9.17) is 5.11 Å². The first-order chi connectivity index (χ1) is 10.1. The highest BCUT2D eigenvalue weighted by atomic mass is 16.4. The van der Waals surface area contributed by atoms with Crippen molar-refractivity contribution in [1.29, 1.82) is 0 Å². The minimum absolute atomic E-state index is 0.0121. The van der Waals surface area contributed by atoms with E-state index >= 15 is 0 Å². The largest absolute Gasteiger partial charge is 0.477 e. The molecule has 0 atom stereocenters. The highest BCUT2D eigenvalue weighted by Crippen LogP contribution is 2.03. The number of aromatic nitrogens is 3. The van der Waals surface area contributed by atoms with Crippen LogP contribution in [-0.4, -0.2) is 25.6 Å². The fourth-order valence-corrected chi connectivity index (χ4v) is 1.83. The second-order valence-corrected chi connectivity index (χ2v) is 4.48. The molecule has 0 radical (unpaired) electrons. The van der Waals surface area contributed by atoms with Gasteiger partial charge in [0.05, 0.1) is 0 Å². The van der Waals surface area contributed by atoms with Crippen LogP contribution in [-0.2, 0) is 13.1 Å². The first-order valence-corrected chi connectivity index (χ1v) is 6.59. The number of hydrogen-bond donors (Lipinski definition) is 2. The third kappa shape index (κ3) is 3.65. The van der Waals surface area contributed by atoms with E-state index in [1.807, 2.05) is 6.92 Å². The summed E-state index contributed by atoms with van der Waals surface area (Å²) in [5.74, 6) is -0.796. The Morgan fingerprint density at radius 2 is 2.19 bits per heavy atom. The van der Waals surface area contributed by atoms with Crippen LogP contribution in [0.4, 0.5) is 5.82 Å². The molecule has 0 spiro atoms. The number of nitrogens with one attached hydrogen (secondary N) is 1. The van der Waals surface area contributed by atoms with Crippen LogP contribution in [0.15, 0.2) is 35.5 Å². The van der Waals surface area contributed by atoms with Gasteiger partial charge in [-0.25, -0.2) is 14.8 Å². The maximum Gasteiger partial charge on any atom is 0.354 e. The van der Waals surface area contributed by atoms with Crippen LogP contribution < -0.4 is 10.9 Å². The Bertz CT molecular complexity index is 679. The molecule has 0 aliphatic carbocycles. The highest BCUT2D eigenvalue weighted by Gasteiger charge is 2.06. The topological polar surface area (TPSA) is 97.1 Å². The summed E-state index contributed by atoms with van der Waals surface area (Å²) in [6.45, 7) is 2.99. The Kier molecular flexibility index (Phi) is 4.65. The second-order valence-electron chi connectivity index (χ2n) is 4.48. The number of carbonyl (C=O) groups is 1. The maximum atomic E-state index is 12.1. The average molecular weight is 288 g/mol. The lowest BCUT2D eigenvalue weighted by Crippen LogP contribution is -2.24.